The highest BCUT2D eigenvalue weighted by Crippen LogP contribution is 2.25. The second-order valence-corrected chi connectivity index (χ2v) is 9.42. The molecule has 0 unspecified atom stereocenters. The lowest BCUT2D eigenvalue weighted by molar-refractivity contribution is 0.343. The van der Waals surface area contributed by atoms with Gasteiger partial charge in [0.2, 0.25) is 0 Å². The number of thioether (sulfide) groups is 1. The van der Waals surface area contributed by atoms with Gasteiger partial charge in [-0.1, -0.05) is 75.0 Å². The van der Waals surface area contributed by atoms with E-state index in [-0.39, 0.29) is 11.0 Å². The summed E-state index contributed by atoms with van der Waals surface area (Å²) < 4.78 is 7.61. The van der Waals surface area contributed by atoms with Gasteiger partial charge in [0.15, 0.2) is 5.16 Å². The molecule has 1 aromatic heterocycles. The molecule has 0 saturated carbocycles. The van der Waals surface area contributed by atoms with Gasteiger partial charge in [-0.15, -0.1) is 0 Å². The van der Waals surface area contributed by atoms with Crippen LogP contribution in [0.2, 0.25) is 0 Å². The number of ether oxygens (including phenoxy) is 1. The van der Waals surface area contributed by atoms with Crippen molar-refractivity contribution in [3.8, 4) is 11.4 Å². The van der Waals surface area contributed by atoms with Gasteiger partial charge >= 0.3 is 0 Å². The van der Waals surface area contributed by atoms with Gasteiger partial charge in [0.1, 0.15) is 5.75 Å². The topological polar surface area (TPSA) is 44.1 Å². The third kappa shape index (κ3) is 4.83. The summed E-state index contributed by atoms with van der Waals surface area (Å²) in [6.07, 6.45) is 0. The standard InChI is InChI=1S/C26H26N2O2S/c1-26(2,3)19-13-15-21(16-14-19)30-17-18-31-25-27-23-12-8-7-11-22(23)24(29)28(25)20-9-5-4-6-10-20/h4-16H,17-18H2,1-3H3. The van der Waals surface area contributed by atoms with Crippen LogP contribution in [0.3, 0.4) is 0 Å². The largest absolute Gasteiger partial charge is 0.493 e. The van der Waals surface area contributed by atoms with Gasteiger partial charge in [-0.25, -0.2) is 4.98 Å². The fourth-order valence-electron chi connectivity index (χ4n) is 3.36. The van der Waals surface area contributed by atoms with Gasteiger partial charge in [-0.3, -0.25) is 9.36 Å². The van der Waals surface area contributed by atoms with Crippen LogP contribution in [0.4, 0.5) is 0 Å². The Balaban J connectivity index is 1.52. The van der Waals surface area contributed by atoms with E-state index < -0.39 is 0 Å². The molecule has 31 heavy (non-hydrogen) atoms. The van der Waals surface area contributed by atoms with Gasteiger partial charge in [0.25, 0.3) is 5.56 Å². The molecule has 1 heterocycles. The molecule has 0 N–H and O–H groups in total. The highest BCUT2D eigenvalue weighted by atomic mass is 32.2. The van der Waals surface area contributed by atoms with Crippen molar-refractivity contribution >= 4 is 22.7 Å². The SMILES string of the molecule is CC(C)(C)c1ccc(OCCSc2nc3ccccc3c(=O)n2-c2ccccc2)cc1. The molecule has 5 heteroatoms. The van der Waals surface area contributed by atoms with Crippen LogP contribution < -0.4 is 10.3 Å². The van der Waals surface area contributed by atoms with Crippen molar-refractivity contribution in [2.45, 2.75) is 31.3 Å². The smallest absolute Gasteiger partial charge is 0.266 e. The average Bonchev–Trinajstić information content (AvgIpc) is 2.77. The van der Waals surface area contributed by atoms with Gasteiger partial charge in [-0.2, -0.15) is 0 Å². The number of hydrogen-bond donors (Lipinski definition) is 0. The Kier molecular flexibility index (Phi) is 6.14. The third-order valence-electron chi connectivity index (χ3n) is 5.06. The maximum absolute atomic E-state index is 13.2. The van der Waals surface area contributed by atoms with Crippen molar-refractivity contribution < 1.29 is 4.74 Å². The minimum absolute atomic E-state index is 0.0574. The fourth-order valence-corrected chi connectivity index (χ4v) is 4.19. The third-order valence-corrected chi connectivity index (χ3v) is 5.97. The summed E-state index contributed by atoms with van der Waals surface area (Å²) in [6, 6.07) is 25.4. The Bertz CT molecular complexity index is 1230. The van der Waals surface area contributed by atoms with E-state index in [1.54, 1.807) is 4.57 Å². The lowest BCUT2D eigenvalue weighted by Gasteiger charge is -2.19. The Hall–Kier alpha value is -3.05. The average molecular weight is 431 g/mol. The van der Waals surface area contributed by atoms with Crippen LogP contribution in [-0.4, -0.2) is 21.9 Å². The lowest BCUT2D eigenvalue weighted by Crippen LogP contribution is -2.22. The molecule has 3 aromatic carbocycles. The van der Waals surface area contributed by atoms with Crippen LogP contribution >= 0.6 is 11.8 Å². The molecule has 0 aliphatic carbocycles. The molecule has 0 bridgehead atoms. The maximum Gasteiger partial charge on any atom is 0.266 e. The first-order valence-electron chi connectivity index (χ1n) is 10.4. The van der Waals surface area contributed by atoms with Crippen molar-refractivity contribution in [3.63, 3.8) is 0 Å². The molecule has 0 amide bonds. The molecule has 4 aromatic rings. The van der Waals surface area contributed by atoms with Crippen LogP contribution in [0, 0.1) is 0 Å². The van der Waals surface area contributed by atoms with E-state index in [0.717, 1.165) is 11.4 Å². The normalized spacial score (nSPS) is 11.6. The minimum atomic E-state index is -0.0574. The first-order valence-corrected chi connectivity index (χ1v) is 11.4. The van der Waals surface area contributed by atoms with Crippen molar-refractivity contribution in [3.05, 3.63) is 94.8 Å². The lowest BCUT2D eigenvalue weighted by atomic mass is 9.87. The van der Waals surface area contributed by atoms with Crippen LogP contribution in [0.15, 0.2) is 88.8 Å². The highest BCUT2D eigenvalue weighted by Gasteiger charge is 2.14. The molecule has 0 saturated heterocycles. The molecule has 0 spiro atoms. The number of aromatic nitrogens is 2. The van der Waals surface area contributed by atoms with Gasteiger partial charge in [0.05, 0.1) is 23.2 Å². The Morgan fingerprint density at radius 1 is 0.903 bits per heavy atom. The first-order chi connectivity index (χ1) is 14.9. The minimum Gasteiger partial charge on any atom is -0.493 e. The number of benzene rings is 3. The van der Waals surface area contributed by atoms with E-state index in [1.165, 1.54) is 17.3 Å². The predicted octanol–water partition coefficient (Wildman–Crippen LogP) is 5.85. The summed E-state index contributed by atoms with van der Waals surface area (Å²) >= 11 is 1.52. The number of hydrogen-bond acceptors (Lipinski definition) is 4. The molecule has 0 aliphatic rings. The maximum atomic E-state index is 13.2. The number of nitrogens with zero attached hydrogens (tertiary/aromatic N) is 2. The molecule has 0 radical (unpaired) electrons. The van der Waals surface area contributed by atoms with E-state index in [4.69, 9.17) is 9.72 Å². The van der Waals surface area contributed by atoms with E-state index in [1.807, 2.05) is 66.7 Å². The molecular formula is C26H26N2O2S. The van der Waals surface area contributed by atoms with E-state index in [2.05, 4.69) is 32.9 Å². The Morgan fingerprint density at radius 2 is 1.58 bits per heavy atom. The van der Waals surface area contributed by atoms with Gasteiger partial charge in [-0.05, 0) is 47.4 Å². The summed E-state index contributed by atoms with van der Waals surface area (Å²) in [5.74, 6) is 1.53. The quantitative estimate of drug-likeness (QED) is 0.218. The number of para-hydroxylation sites is 2. The summed E-state index contributed by atoms with van der Waals surface area (Å²) in [5.41, 5.74) is 2.87. The molecule has 0 atom stereocenters. The Morgan fingerprint density at radius 3 is 2.29 bits per heavy atom. The summed E-state index contributed by atoms with van der Waals surface area (Å²) in [5, 5.41) is 1.28. The zero-order valence-corrected chi connectivity index (χ0v) is 18.9. The van der Waals surface area contributed by atoms with Gasteiger partial charge in [0, 0.05) is 5.75 Å². The number of fused-ring (bicyclic) bond motifs is 1. The monoisotopic (exact) mass is 430 g/mol. The summed E-state index contributed by atoms with van der Waals surface area (Å²) in [4.78, 5) is 18.0. The second kappa shape index (κ2) is 8.98. The highest BCUT2D eigenvalue weighted by molar-refractivity contribution is 7.99. The van der Waals surface area contributed by atoms with Crippen molar-refractivity contribution in [1.29, 1.82) is 0 Å². The van der Waals surface area contributed by atoms with E-state index in [9.17, 15) is 4.79 Å². The van der Waals surface area contributed by atoms with Crippen molar-refractivity contribution in [2.24, 2.45) is 0 Å². The van der Waals surface area contributed by atoms with E-state index in [0.29, 0.717) is 28.4 Å². The van der Waals surface area contributed by atoms with Crippen molar-refractivity contribution in [2.75, 3.05) is 12.4 Å². The van der Waals surface area contributed by atoms with E-state index >= 15 is 0 Å². The van der Waals surface area contributed by atoms with Crippen LogP contribution in [-0.2, 0) is 5.41 Å². The Labute approximate surface area is 186 Å². The predicted molar refractivity (Wildman–Crippen MR) is 129 cm³/mol. The summed E-state index contributed by atoms with van der Waals surface area (Å²) in [7, 11) is 0. The molecule has 158 valence electrons. The molecule has 0 fully saturated rings. The first kappa shape index (κ1) is 21.2. The van der Waals surface area contributed by atoms with Crippen LogP contribution in [0.1, 0.15) is 26.3 Å². The fraction of sp³-hybridized carbons (Fsp3) is 0.231. The summed E-state index contributed by atoms with van der Waals surface area (Å²) in [6.45, 7) is 7.12. The zero-order chi connectivity index (χ0) is 21.8. The van der Waals surface area contributed by atoms with Gasteiger partial charge < -0.3 is 4.74 Å². The van der Waals surface area contributed by atoms with Crippen molar-refractivity contribution in [1.82, 2.24) is 9.55 Å². The number of rotatable bonds is 6. The zero-order valence-electron chi connectivity index (χ0n) is 18.0. The molecular weight excluding hydrogens is 404 g/mol. The molecule has 0 aliphatic heterocycles. The molecule has 4 rings (SSSR count). The van der Waals surface area contributed by atoms with Crippen LogP contribution in [0.5, 0.6) is 5.75 Å². The van der Waals surface area contributed by atoms with Crippen LogP contribution in [0.25, 0.3) is 16.6 Å². The second-order valence-electron chi connectivity index (χ2n) is 8.36. The molecule has 4 nitrogen and oxygen atoms in total.